The highest BCUT2D eigenvalue weighted by Gasteiger charge is 2.00. The summed E-state index contributed by atoms with van der Waals surface area (Å²) in [6, 6.07) is 4.64. The number of hydrazine groups is 1. The van der Waals surface area contributed by atoms with E-state index in [0.717, 1.165) is 0 Å². The monoisotopic (exact) mass is 154 g/mol. The van der Waals surface area contributed by atoms with Crippen LogP contribution in [0.4, 0.5) is 5.69 Å². The van der Waals surface area contributed by atoms with Crippen molar-refractivity contribution in [2.75, 3.05) is 12.5 Å². The van der Waals surface area contributed by atoms with E-state index in [1.807, 2.05) is 0 Å². The third kappa shape index (κ3) is 1.53. The minimum atomic E-state index is 0.152. The summed E-state index contributed by atoms with van der Waals surface area (Å²) in [7, 11) is 1.53. The number of phenolic OH excluding ortho intramolecular Hbond substituents is 1. The summed E-state index contributed by atoms with van der Waals surface area (Å²) in [4.78, 5) is 0. The summed E-state index contributed by atoms with van der Waals surface area (Å²) in [5.41, 5.74) is 2.96. The molecule has 60 valence electrons. The second kappa shape index (κ2) is 3.12. The van der Waals surface area contributed by atoms with Crippen LogP contribution in [-0.2, 0) is 0 Å². The lowest BCUT2D eigenvalue weighted by atomic mass is 10.3. The van der Waals surface area contributed by atoms with E-state index in [2.05, 4.69) is 5.43 Å². The zero-order valence-electron chi connectivity index (χ0n) is 6.16. The lowest BCUT2D eigenvalue weighted by molar-refractivity contribution is 0.414. The van der Waals surface area contributed by atoms with Gasteiger partial charge in [0.2, 0.25) is 0 Å². The molecule has 0 saturated heterocycles. The Morgan fingerprint density at radius 3 is 2.82 bits per heavy atom. The van der Waals surface area contributed by atoms with Crippen molar-refractivity contribution >= 4 is 5.69 Å². The van der Waals surface area contributed by atoms with Gasteiger partial charge in [-0.15, -0.1) is 0 Å². The highest BCUT2D eigenvalue weighted by Crippen LogP contribution is 2.26. The summed E-state index contributed by atoms with van der Waals surface area (Å²) in [6.07, 6.45) is 0. The molecule has 0 fully saturated rings. The van der Waals surface area contributed by atoms with Crippen molar-refractivity contribution in [2.45, 2.75) is 0 Å². The van der Waals surface area contributed by atoms with Gasteiger partial charge in [-0.2, -0.15) is 0 Å². The smallest absolute Gasteiger partial charge is 0.143 e. The SMILES string of the molecule is COc1ccc(O)cc1NN. The van der Waals surface area contributed by atoms with E-state index in [-0.39, 0.29) is 5.75 Å². The summed E-state index contributed by atoms with van der Waals surface area (Å²) >= 11 is 0. The van der Waals surface area contributed by atoms with E-state index in [9.17, 15) is 0 Å². The lowest BCUT2D eigenvalue weighted by Gasteiger charge is -2.06. The van der Waals surface area contributed by atoms with Gasteiger partial charge in [-0.05, 0) is 12.1 Å². The van der Waals surface area contributed by atoms with Crippen LogP contribution in [0.25, 0.3) is 0 Å². The van der Waals surface area contributed by atoms with Gasteiger partial charge >= 0.3 is 0 Å². The Balaban J connectivity index is 3.06. The van der Waals surface area contributed by atoms with E-state index in [1.54, 1.807) is 6.07 Å². The molecule has 0 unspecified atom stereocenters. The van der Waals surface area contributed by atoms with Crippen LogP contribution in [0, 0.1) is 0 Å². The maximum absolute atomic E-state index is 9.01. The zero-order chi connectivity index (χ0) is 8.27. The van der Waals surface area contributed by atoms with Crippen LogP contribution < -0.4 is 16.0 Å². The van der Waals surface area contributed by atoms with E-state index in [4.69, 9.17) is 15.7 Å². The van der Waals surface area contributed by atoms with Gasteiger partial charge < -0.3 is 15.3 Å². The fourth-order valence-corrected chi connectivity index (χ4v) is 0.809. The number of ether oxygens (including phenoxy) is 1. The minimum absolute atomic E-state index is 0.152. The van der Waals surface area contributed by atoms with Gasteiger partial charge in [0.25, 0.3) is 0 Å². The van der Waals surface area contributed by atoms with E-state index in [0.29, 0.717) is 11.4 Å². The lowest BCUT2D eigenvalue weighted by Crippen LogP contribution is -2.07. The summed E-state index contributed by atoms with van der Waals surface area (Å²) in [5.74, 6) is 5.91. The maximum Gasteiger partial charge on any atom is 0.143 e. The van der Waals surface area contributed by atoms with Crippen LogP contribution in [0.3, 0.4) is 0 Å². The molecule has 0 aliphatic carbocycles. The highest BCUT2D eigenvalue weighted by atomic mass is 16.5. The first kappa shape index (κ1) is 7.68. The van der Waals surface area contributed by atoms with Gasteiger partial charge in [-0.25, -0.2) is 0 Å². The predicted molar refractivity (Wildman–Crippen MR) is 42.5 cm³/mol. The van der Waals surface area contributed by atoms with Crippen molar-refractivity contribution in [3.8, 4) is 11.5 Å². The number of nitrogen functional groups attached to an aromatic ring is 1. The van der Waals surface area contributed by atoms with Crippen molar-refractivity contribution in [3.63, 3.8) is 0 Å². The fraction of sp³-hybridized carbons (Fsp3) is 0.143. The molecule has 0 aromatic heterocycles. The molecule has 0 spiro atoms. The van der Waals surface area contributed by atoms with E-state index < -0.39 is 0 Å². The second-order valence-corrected chi connectivity index (χ2v) is 2.03. The highest BCUT2D eigenvalue weighted by molar-refractivity contribution is 5.58. The van der Waals surface area contributed by atoms with Crippen molar-refractivity contribution in [3.05, 3.63) is 18.2 Å². The molecule has 4 nitrogen and oxygen atoms in total. The van der Waals surface area contributed by atoms with Crippen molar-refractivity contribution in [1.82, 2.24) is 0 Å². The number of phenols is 1. The van der Waals surface area contributed by atoms with Gasteiger partial charge in [-0.3, -0.25) is 5.84 Å². The van der Waals surface area contributed by atoms with Gasteiger partial charge in [0, 0.05) is 6.07 Å². The van der Waals surface area contributed by atoms with Gasteiger partial charge in [0.05, 0.1) is 12.8 Å². The number of hydrogen-bond donors (Lipinski definition) is 3. The average molecular weight is 154 g/mol. The molecule has 4 heteroatoms. The van der Waals surface area contributed by atoms with Gasteiger partial charge in [-0.1, -0.05) is 0 Å². The topological polar surface area (TPSA) is 67.5 Å². The summed E-state index contributed by atoms with van der Waals surface area (Å²) < 4.78 is 4.94. The Hall–Kier alpha value is -1.42. The molecule has 1 aromatic carbocycles. The molecular formula is C7H10N2O2. The molecule has 1 rings (SSSR count). The Morgan fingerprint density at radius 2 is 2.27 bits per heavy atom. The maximum atomic E-state index is 9.01. The molecule has 4 N–H and O–H groups in total. The standard InChI is InChI=1S/C7H10N2O2/c1-11-7-3-2-5(10)4-6(7)9-8/h2-4,9-10H,8H2,1H3. The Morgan fingerprint density at radius 1 is 1.55 bits per heavy atom. The quantitative estimate of drug-likeness (QED) is 0.433. The number of nitrogens with two attached hydrogens (primary N) is 1. The minimum Gasteiger partial charge on any atom is -0.508 e. The molecule has 0 saturated carbocycles. The average Bonchev–Trinajstić information content (AvgIpc) is 2.04. The summed E-state index contributed by atoms with van der Waals surface area (Å²) in [6.45, 7) is 0. The molecule has 11 heavy (non-hydrogen) atoms. The van der Waals surface area contributed by atoms with Crippen molar-refractivity contribution in [2.24, 2.45) is 5.84 Å². The van der Waals surface area contributed by atoms with Crippen LogP contribution >= 0.6 is 0 Å². The molecule has 1 aromatic rings. The second-order valence-electron chi connectivity index (χ2n) is 2.03. The summed E-state index contributed by atoms with van der Waals surface area (Å²) in [5, 5.41) is 9.01. The third-order valence-electron chi connectivity index (χ3n) is 1.34. The Bertz CT molecular complexity index is 250. The van der Waals surface area contributed by atoms with Crippen LogP contribution in [0.2, 0.25) is 0 Å². The van der Waals surface area contributed by atoms with Gasteiger partial charge in [0.1, 0.15) is 11.5 Å². The van der Waals surface area contributed by atoms with Crippen molar-refractivity contribution < 1.29 is 9.84 Å². The predicted octanol–water partition coefficient (Wildman–Crippen LogP) is 0.686. The molecule has 0 bridgehead atoms. The molecule has 0 atom stereocenters. The molecule has 0 radical (unpaired) electrons. The van der Waals surface area contributed by atoms with E-state index >= 15 is 0 Å². The number of methoxy groups -OCH3 is 1. The number of anilines is 1. The Labute approximate surface area is 64.6 Å². The van der Waals surface area contributed by atoms with E-state index in [1.165, 1.54) is 19.2 Å². The number of nitrogens with one attached hydrogen (secondary N) is 1. The molecule has 0 heterocycles. The Kier molecular flexibility index (Phi) is 2.18. The fourth-order valence-electron chi connectivity index (χ4n) is 0.809. The van der Waals surface area contributed by atoms with Gasteiger partial charge in [0.15, 0.2) is 0 Å². The molecular weight excluding hydrogens is 144 g/mol. The largest absolute Gasteiger partial charge is 0.508 e. The zero-order valence-corrected chi connectivity index (χ0v) is 6.16. The number of hydrogen-bond acceptors (Lipinski definition) is 4. The first-order chi connectivity index (χ1) is 5.27. The van der Waals surface area contributed by atoms with Crippen LogP contribution in [-0.4, -0.2) is 12.2 Å². The normalized spacial score (nSPS) is 9.27. The number of rotatable bonds is 2. The van der Waals surface area contributed by atoms with Crippen LogP contribution in [0.5, 0.6) is 11.5 Å². The van der Waals surface area contributed by atoms with Crippen LogP contribution in [0.15, 0.2) is 18.2 Å². The first-order valence-electron chi connectivity index (χ1n) is 3.11. The number of benzene rings is 1. The van der Waals surface area contributed by atoms with Crippen LogP contribution in [0.1, 0.15) is 0 Å². The molecule has 0 aliphatic heterocycles. The molecule has 0 aliphatic rings. The third-order valence-corrected chi connectivity index (χ3v) is 1.34. The number of aromatic hydroxyl groups is 1. The molecule has 0 amide bonds. The van der Waals surface area contributed by atoms with Crippen molar-refractivity contribution in [1.29, 1.82) is 0 Å². The first-order valence-corrected chi connectivity index (χ1v) is 3.11.